The average Bonchev–Trinajstić information content (AvgIpc) is 2.98. The van der Waals surface area contributed by atoms with Crippen LogP contribution in [0.25, 0.3) is 6.08 Å². The van der Waals surface area contributed by atoms with Gasteiger partial charge in [-0.05, 0) is 42.3 Å². The van der Waals surface area contributed by atoms with Gasteiger partial charge in [0, 0.05) is 18.4 Å². The van der Waals surface area contributed by atoms with Gasteiger partial charge in [-0.15, -0.1) is 0 Å². The van der Waals surface area contributed by atoms with E-state index in [1.807, 2.05) is 37.3 Å². The van der Waals surface area contributed by atoms with Gasteiger partial charge in [0.25, 0.3) is 0 Å². The van der Waals surface area contributed by atoms with E-state index in [2.05, 4.69) is 13.0 Å². The molecule has 3 rings (SSSR count). The van der Waals surface area contributed by atoms with Gasteiger partial charge in [0.2, 0.25) is 0 Å². The molecule has 0 saturated carbocycles. The maximum absolute atomic E-state index is 11.3. The van der Waals surface area contributed by atoms with Crippen LogP contribution in [-0.4, -0.2) is 20.2 Å². The molecule has 0 spiro atoms. The van der Waals surface area contributed by atoms with Gasteiger partial charge in [0.15, 0.2) is 23.0 Å². The molecular formula is C22H24O5. The van der Waals surface area contributed by atoms with E-state index in [1.165, 1.54) is 6.92 Å². The molecule has 1 aliphatic rings. The van der Waals surface area contributed by atoms with Gasteiger partial charge < -0.3 is 18.9 Å². The van der Waals surface area contributed by atoms with E-state index in [0.717, 1.165) is 28.2 Å². The molecule has 5 nitrogen and oxygen atoms in total. The summed E-state index contributed by atoms with van der Waals surface area (Å²) in [5.74, 6) is 2.12. The highest BCUT2D eigenvalue weighted by Crippen LogP contribution is 2.51. The van der Waals surface area contributed by atoms with Crippen LogP contribution in [-0.2, 0) is 4.79 Å². The Morgan fingerprint density at radius 2 is 1.81 bits per heavy atom. The van der Waals surface area contributed by atoms with Gasteiger partial charge in [0.1, 0.15) is 6.10 Å². The molecule has 0 saturated heterocycles. The van der Waals surface area contributed by atoms with Gasteiger partial charge in [-0.3, -0.25) is 4.79 Å². The molecule has 0 radical (unpaired) electrons. The summed E-state index contributed by atoms with van der Waals surface area (Å²) in [6, 6.07) is 9.58. The zero-order valence-corrected chi connectivity index (χ0v) is 16.2. The molecule has 2 atom stereocenters. The van der Waals surface area contributed by atoms with Crippen molar-refractivity contribution in [1.82, 2.24) is 0 Å². The first-order valence-electron chi connectivity index (χ1n) is 8.86. The number of carbonyl (C=O) groups is 1. The molecular weight excluding hydrogens is 344 g/mol. The predicted molar refractivity (Wildman–Crippen MR) is 104 cm³/mol. The molecule has 27 heavy (non-hydrogen) atoms. The molecule has 0 unspecified atom stereocenters. The van der Waals surface area contributed by atoms with Gasteiger partial charge in [-0.2, -0.15) is 0 Å². The van der Waals surface area contributed by atoms with Crippen molar-refractivity contribution in [3.63, 3.8) is 0 Å². The predicted octanol–water partition coefficient (Wildman–Crippen LogP) is 4.90. The first-order valence-corrected chi connectivity index (χ1v) is 8.86. The van der Waals surface area contributed by atoms with Crippen LogP contribution in [0.4, 0.5) is 0 Å². The van der Waals surface area contributed by atoms with Crippen molar-refractivity contribution >= 4 is 12.0 Å². The van der Waals surface area contributed by atoms with E-state index in [4.69, 9.17) is 18.9 Å². The first-order chi connectivity index (χ1) is 13.0. The molecule has 0 N–H and O–H groups in total. The van der Waals surface area contributed by atoms with E-state index >= 15 is 0 Å². The monoisotopic (exact) mass is 368 g/mol. The number of hydrogen-bond acceptors (Lipinski definition) is 5. The maximum atomic E-state index is 11.3. The summed E-state index contributed by atoms with van der Waals surface area (Å²) in [5, 5.41) is 0. The fourth-order valence-electron chi connectivity index (χ4n) is 3.40. The number of hydrogen-bond donors (Lipinski definition) is 0. The normalized spacial score (nSPS) is 18.1. The fourth-order valence-corrected chi connectivity index (χ4v) is 3.40. The van der Waals surface area contributed by atoms with Gasteiger partial charge >= 0.3 is 5.97 Å². The zero-order chi connectivity index (χ0) is 19.6. The highest BCUT2D eigenvalue weighted by Gasteiger charge is 2.35. The maximum Gasteiger partial charge on any atom is 0.308 e. The summed E-state index contributed by atoms with van der Waals surface area (Å²) in [7, 11) is 3.19. The molecule has 142 valence electrons. The van der Waals surface area contributed by atoms with Crippen LogP contribution in [0.15, 0.2) is 36.4 Å². The van der Waals surface area contributed by atoms with Crippen LogP contribution >= 0.6 is 0 Å². The van der Waals surface area contributed by atoms with Crippen LogP contribution in [0.2, 0.25) is 0 Å². The second kappa shape index (κ2) is 7.74. The number of rotatable bonds is 5. The molecule has 0 bridgehead atoms. The van der Waals surface area contributed by atoms with Crippen LogP contribution in [0.5, 0.6) is 23.0 Å². The Labute approximate surface area is 159 Å². The third kappa shape index (κ3) is 3.63. The van der Waals surface area contributed by atoms with Crippen molar-refractivity contribution in [2.24, 2.45) is 0 Å². The molecule has 2 aromatic carbocycles. The highest BCUT2D eigenvalue weighted by molar-refractivity contribution is 5.70. The SMILES string of the molecule is C/C=C/c1cc(OC)c2c(c1)[C@H](C)[C@@H](c1ccc(OC(C)=O)c(OC)c1)O2. The van der Waals surface area contributed by atoms with Crippen molar-refractivity contribution in [2.75, 3.05) is 14.2 Å². The Kier molecular flexibility index (Phi) is 5.40. The Morgan fingerprint density at radius 1 is 1.07 bits per heavy atom. The van der Waals surface area contributed by atoms with Crippen LogP contribution in [0.3, 0.4) is 0 Å². The van der Waals surface area contributed by atoms with Crippen molar-refractivity contribution in [3.05, 3.63) is 53.1 Å². The van der Waals surface area contributed by atoms with Gasteiger partial charge in [-0.1, -0.05) is 25.1 Å². The number of esters is 1. The number of methoxy groups -OCH3 is 2. The van der Waals surface area contributed by atoms with E-state index in [-0.39, 0.29) is 18.0 Å². The minimum Gasteiger partial charge on any atom is -0.493 e. The van der Waals surface area contributed by atoms with E-state index in [0.29, 0.717) is 11.5 Å². The van der Waals surface area contributed by atoms with Gasteiger partial charge in [-0.25, -0.2) is 0 Å². The largest absolute Gasteiger partial charge is 0.493 e. The topological polar surface area (TPSA) is 54.0 Å². The lowest BCUT2D eigenvalue weighted by Crippen LogP contribution is -2.09. The molecule has 5 heteroatoms. The Hall–Kier alpha value is -2.95. The minimum absolute atomic E-state index is 0.128. The Morgan fingerprint density at radius 3 is 2.44 bits per heavy atom. The van der Waals surface area contributed by atoms with E-state index in [9.17, 15) is 4.79 Å². The van der Waals surface area contributed by atoms with Crippen LogP contribution in [0, 0.1) is 0 Å². The summed E-state index contributed by atoms with van der Waals surface area (Å²) in [6.45, 7) is 5.47. The fraction of sp³-hybridized carbons (Fsp3) is 0.318. The minimum atomic E-state index is -0.389. The lowest BCUT2D eigenvalue weighted by Gasteiger charge is -2.18. The number of fused-ring (bicyclic) bond motifs is 1. The van der Waals surface area contributed by atoms with Crippen molar-refractivity contribution in [2.45, 2.75) is 32.8 Å². The quantitative estimate of drug-likeness (QED) is 0.555. The molecule has 1 heterocycles. The lowest BCUT2D eigenvalue weighted by atomic mass is 9.91. The zero-order valence-electron chi connectivity index (χ0n) is 16.2. The molecule has 0 aromatic heterocycles. The molecule has 0 fully saturated rings. The van der Waals surface area contributed by atoms with Crippen molar-refractivity contribution in [1.29, 1.82) is 0 Å². The lowest BCUT2D eigenvalue weighted by molar-refractivity contribution is -0.132. The van der Waals surface area contributed by atoms with Crippen LogP contribution < -0.4 is 18.9 Å². The second-order valence-electron chi connectivity index (χ2n) is 6.47. The highest BCUT2D eigenvalue weighted by atomic mass is 16.6. The van der Waals surface area contributed by atoms with Gasteiger partial charge in [0.05, 0.1) is 14.2 Å². The number of carbonyl (C=O) groups excluding carboxylic acids is 1. The number of benzene rings is 2. The Bertz CT molecular complexity index is 885. The molecule has 0 amide bonds. The van der Waals surface area contributed by atoms with Crippen molar-refractivity contribution < 1.29 is 23.7 Å². The summed E-state index contributed by atoms with van der Waals surface area (Å²) in [5.41, 5.74) is 3.13. The van der Waals surface area contributed by atoms with E-state index < -0.39 is 0 Å². The number of ether oxygens (including phenoxy) is 4. The standard InChI is InChI=1S/C22H24O5/c1-6-7-15-10-17-13(2)21(27-22(17)20(11-15)25-5)16-8-9-18(26-14(3)23)19(12-16)24-4/h6-13,21H,1-5H3/b7-6+/t13-,21-/m0/s1. The first kappa shape index (κ1) is 18.8. The number of allylic oxidation sites excluding steroid dienone is 1. The Balaban J connectivity index is 1.98. The van der Waals surface area contributed by atoms with E-state index in [1.54, 1.807) is 20.3 Å². The molecule has 2 aromatic rings. The third-order valence-corrected chi connectivity index (χ3v) is 4.64. The summed E-state index contributed by atoms with van der Waals surface area (Å²) in [6.07, 6.45) is 3.85. The average molecular weight is 368 g/mol. The summed E-state index contributed by atoms with van der Waals surface area (Å²) in [4.78, 5) is 11.3. The smallest absolute Gasteiger partial charge is 0.308 e. The molecule has 0 aliphatic carbocycles. The second-order valence-corrected chi connectivity index (χ2v) is 6.47. The van der Waals surface area contributed by atoms with Crippen molar-refractivity contribution in [3.8, 4) is 23.0 Å². The summed E-state index contributed by atoms with van der Waals surface area (Å²) >= 11 is 0. The third-order valence-electron chi connectivity index (χ3n) is 4.64. The molecule has 1 aliphatic heterocycles. The van der Waals surface area contributed by atoms with Crippen LogP contribution in [0.1, 0.15) is 49.5 Å². The summed E-state index contributed by atoms with van der Waals surface area (Å²) < 4.78 is 22.4.